The first-order valence-corrected chi connectivity index (χ1v) is 8.02. The van der Waals surface area contributed by atoms with Gasteiger partial charge in [0.15, 0.2) is 5.96 Å². The SMILES string of the molecule is COc1ccccc1NC(N)=NCCCn1ccc2ccccc21.I. The van der Waals surface area contributed by atoms with Gasteiger partial charge in [-0.15, -0.1) is 24.0 Å². The Hall–Kier alpha value is -2.22. The number of rotatable bonds is 6. The summed E-state index contributed by atoms with van der Waals surface area (Å²) in [6.07, 6.45) is 3.04. The van der Waals surface area contributed by atoms with Crippen molar-refractivity contribution in [2.45, 2.75) is 13.0 Å². The average Bonchev–Trinajstić information content (AvgIpc) is 3.02. The molecular weight excluding hydrogens is 427 g/mol. The normalized spacial score (nSPS) is 11.2. The quantitative estimate of drug-likeness (QED) is 0.258. The summed E-state index contributed by atoms with van der Waals surface area (Å²) in [4.78, 5) is 4.39. The maximum Gasteiger partial charge on any atom is 0.193 e. The van der Waals surface area contributed by atoms with Crippen molar-refractivity contribution in [1.29, 1.82) is 0 Å². The van der Waals surface area contributed by atoms with Gasteiger partial charge in [0.1, 0.15) is 5.75 Å². The molecule has 6 heteroatoms. The predicted octanol–water partition coefficient (Wildman–Crippen LogP) is 4.08. The molecule has 3 rings (SSSR count). The highest BCUT2D eigenvalue weighted by Crippen LogP contribution is 2.22. The Morgan fingerprint density at radius 2 is 1.88 bits per heavy atom. The van der Waals surface area contributed by atoms with Gasteiger partial charge in [-0.05, 0) is 36.1 Å². The number of aromatic nitrogens is 1. The van der Waals surface area contributed by atoms with E-state index in [0.717, 1.165) is 24.4 Å². The average molecular weight is 450 g/mol. The van der Waals surface area contributed by atoms with Crippen molar-refractivity contribution in [2.75, 3.05) is 19.0 Å². The second kappa shape index (κ2) is 9.31. The van der Waals surface area contributed by atoms with E-state index in [4.69, 9.17) is 10.5 Å². The van der Waals surface area contributed by atoms with E-state index in [1.807, 2.05) is 24.3 Å². The Bertz CT molecular complexity index is 844. The fourth-order valence-corrected chi connectivity index (χ4v) is 2.70. The molecule has 0 unspecified atom stereocenters. The van der Waals surface area contributed by atoms with Crippen molar-refractivity contribution in [3.05, 3.63) is 60.8 Å². The highest BCUT2D eigenvalue weighted by atomic mass is 127. The molecule has 0 aliphatic carbocycles. The third kappa shape index (κ3) is 4.88. The lowest BCUT2D eigenvalue weighted by molar-refractivity contribution is 0.417. The molecule has 0 saturated heterocycles. The Morgan fingerprint density at radius 3 is 2.72 bits per heavy atom. The summed E-state index contributed by atoms with van der Waals surface area (Å²) >= 11 is 0. The smallest absolute Gasteiger partial charge is 0.193 e. The third-order valence-electron chi connectivity index (χ3n) is 3.89. The second-order valence-electron chi connectivity index (χ2n) is 5.51. The van der Waals surface area contributed by atoms with Gasteiger partial charge in [0.05, 0.1) is 12.8 Å². The molecule has 0 aliphatic heterocycles. The first-order valence-electron chi connectivity index (χ1n) is 8.02. The lowest BCUT2D eigenvalue weighted by Crippen LogP contribution is -2.23. The van der Waals surface area contributed by atoms with Crippen molar-refractivity contribution in [3.8, 4) is 5.75 Å². The van der Waals surface area contributed by atoms with Crippen LogP contribution in [0, 0.1) is 0 Å². The van der Waals surface area contributed by atoms with Crippen LogP contribution in [0.15, 0.2) is 65.8 Å². The summed E-state index contributed by atoms with van der Waals surface area (Å²) < 4.78 is 7.53. The van der Waals surface area contributed by atoms with Gasteiger partial charge in [0, 0.05) is 24.8 Å². The molecule has 2 aromatic carbocycles. The first kappa shape index (κ1) is 19.1. The number of aryl methyl sites for hydroxylation is 1. The molecule has 3 N–H and O–H groups in total. The molecular formula is C19H23IN4O. The van der Waals surface area contributed by atoms with E-state index < -0.39 is 0 Å². The molecule has 5 nitrogen and oxygen atoms in total. The minimum atomic E-state index is 0. The van der Waals surface area contributed by atoms with Crippen LogP contribution in [0.2, 0.25) is 0 Å². The number of fused-ring (bicyclic) bond motifs is 1. The number of hydrogen-bond acceptors (Lipinski definition) is 2. The number of halogens is 1. The van der Waals surface area contributed by atoms with Crippen LogP contribution in [0.5, 0.6) is 5.75 Å². The maximum absolute atomic E-state index is 5.96. The first-order chi connectivity index (χ1) is 11.8. The van der Waals surface area contributed by atoms with Gasteiger partial charge in [0.25, 0.3) is 0 Å². The highest BCUT2D eigenvalue weighted by molar-refractivity contribution is 14.0. The van der Waals surface area contributed by atoms with Gasteiger partial charge in [0.2, 0.25) is 0 Å². The molecule has 1 aromatic heterocycles. The minimum Gasteiger partial charge on any atom is -0.495 e. The van der Waals surface area contributed by atoms with Crippen molar-refractivity contribution < 1.29 is 4.74 Å². The number of para-hydroxylation sites is 3. The van der Waals surface area contributed by atoms with Gasteiger partial charge >= 0.3 is 0 Å². The largest absolute Gasteiger partial charge is 0.495 e. The fourth-order valence-electron chi connectivity index (χ4n) is 2.70. The van der Waals surface area contributed by atoms with Crippen LogP contribution in [-0.2, 0) is 6.54 Å². The van der Waals surface area contributed by atoms with Crippen LogP contribution < -0.4 is 15.8 Å². The summed E-state index contributed by atoms with van der Waals surface area (Å²) in [5.41, 5.74) is 8.02. The Morgan fingerprint density at radius 1 is 1.12 bits per heavy atom. The van der Waals surface area contributed by atoms with E-state index in [1.165, 1.54) is 10.9 Å². The number of nitrogens with zero attached hydrogens (tertiary/aromatic N) is 2. The number of anilines is 1. The van der Waals surface area contributed by atoms with Gasteiger partial charge in [-0.2, -0.15) is 0 Å². The van der Waals surface area contributed by atoms with Crippen LogP contribution in [0.1, 0.15) is 6.42 Å². The molecule has 132 valence electrons. The summed E-state index contributed by atoms with van der Waals surface area (Å²) in [7, 11) is 1.63. The zero-order valence-electron chi connectivity index (χ0n) is 14.2. The summed E-state index contributed by atoms with van der Waals surface area (Å²) in [6.45, 7) is 1.58. The van der Waals surface area contributed by atoms with Crippen LogP contribution in [0.3, 0.4) is 0 Å². The molecule has 0 aliphatic rings. The molecule has 25 heavy (non-hydrogen) atoms. The summed E-state index contributed by atoms with van der Waals surface area (Å²) in [5, 5.41) is 4.34. The lowest BCUT2D eigenvalue weighted by Gasteiger charge is -2.10. The standard InChI is InChI=1S/C19H22N4O.HI/c1-24-18-10-5-3-8-16(18)22-19(20)21-12-6-13-23-14-11-15-7-2-4-9-17(15)23;/h2-5,7-11,14H,6,12-13H2,1H3,(H3,20,21,22);1H. The molecule has 0 atom stereocenters. The highest BCUT2D eigenvalue weighted by Gasteiger charge is 2.02. The van der Waals surface area contributed by atoms with E-state index in [1.54, 1.807) is 7.11 Å². The molecule has 0 spiro atoms. The minimum absolute atomic E-state index is 0. The molecule has 0 radical (unpaired) electrons. The van der Waals surface area contributed by atoms with Gasteiger partial charge in [-0.25, -0.2) is 0 Å². The van der Waals surface area contributed by atoms with Crippen LogP contribution in [-0.4, -0.2) is 24.2 Å². The van der Waals surface area contributed by atoms with E-state index in [-0.39, 0.29) is 24.0 Å². The number of benzene rings is 2. The number of methoxy groups -OCH3 is 1. The molecule has 0 amide bonds. The van der Waals surface area contributed by atoms with Crippen LogP contribution >= 0.6 is 24.0 Å². The van der Waals surface area contributed by atoms with Crippen molar-refractivity contribution in [2.24, 2.45) is 10.7 Å². The van der Waals surface area contributed by atoms with Crippen LogP contribution in [0.25, 0.3) is 10.9 Å². The molecule has 1 heterocycles. The van der Waals surface area contributed by atoms with Crippen LogP contribution in [0.4, 0.5) is 5.69 Å². The van der Waals surface area contributed by atoms with Crippen molar-refractivity contribution in [3.63, 3.8) is 0 Å². The number of aliphatic imine (C=N–C) groups is 1. The van der Waals surface area contributed by atoms with Gasteiger partial charge < -0.3 is 20.4 Å². The lowest BCUT2D eigenvalue weighted by atomic mass is 10.2. The van der Waals surface area contributed by atoms with Gasteiger partial charge in [-0.1, -0.05) is 30.3 Å². The summed E-state index contributed by atoms with van der Waals surface area (Å²) in [6, 6.07) is 18.1. The zero-order valence-corrected chi connectivity index (χ0v) is 16.5. The Kier molecular flexibility index (Phi) is 7.12. The molecule has 0 bridgehead atoms. The fraction of sp³-hybridized carbons (Fsp3) is 0.211. The second-order valence-corrected chi connectivity index (χ2v) is 5.51. The van der Waals surface area contributed by atoms with Crippen molar-refractivity contribution in [1.82, 2.24) is 4.57 Å². The maximum atomic E-state index is 5.96. The number of nitrogens with one attached hydrogen (secondary N) is 1. The number of ether oxygens (including phenoxy) is 1. The number of hydrogen-bond donors (Lipinski definition) is 2. The molecule has 0 saturated carbocycles. The van der Waals surface area contributed by atoms with E-state index in [9.17, 15) is 0 Å². The molecule has 0 fully saturated rings. The summed E-state index contributed by atoms with van der Waals surface area (Å²) in [5.74, 6) is 1.14. The van der Waals surface area contributed by atoms with E-state index >= 15 is 0 Å². The Balaban J connectivity index is 0.00000225. The van der Waals surface area contributed by atoms with Gasteiger partial charge in [-0.3, -0.25) is 4.99 Å². The number of guanidine groups is 1. The van der Waals surface area contributed by atoms with Crippen molar-refractivity contribution >= 4 is 46.5 Å². The Labute approximate surface area is 164 Å². The third-order valence-corrected chi connectivity index (χ3v) is 3.89. The van der Waals surface area contributed by atoms with E-state index in [2.05, 4.69) is 51.4 Å². The monoisotopic (exact) mass is 450 g/mol. The zero-order chi connectivity index (χ0) is 16.8. The predicted molar refractivity (Wildman–Crippen MR) is 115 cm³/mol. The molecule has 3 aromatic rings. The topological polar surface area (TPSA) is 64.6 Å². The van der Waals surface area contributed by atoms with E-state index in [0.29, 0.717) is 12.5 Å². The number of nitrogens with two attached hydrogens (primary N) is 1.